The molecular formula is C23H30F3N3O2. The number of nitrogens with one attached hydrogen (secondary N) is 1. The normalized spacial score (nSPS) is 25.3. The van der Waals surface area contributed by atoms with Crippen molar-refractivity contribution in [2.45, 2.75) is 75.7 Å². The van der Waals surface area contributed by atoms with E-state index in [4.69, 9.17) is 0 Å². The predicted molar refractivity (Wildman–Crippen MR) is 110 cm³/mol. The molecule has 0 bridgehead atoms. The number of amides is 2. The van der Waals surface area contributed by atoms with Crippen molar-refractivity contribution in [3.8, 4) is 0 Å². The second kappa shape index (κ2) is 9.18. The zero-order valence-electron chi connectivity index (χ0n) is 17.7. The first kappa shape index (κ1) is 22.1. The summed E-state index contributed by atoms with van der Waals surface area (Å²) in [5.41, 5.74) is -0.970. The standard InChI is InChI=1S/C23H30F3N3O2/c24-23(25,26)17-7-4-6-16(14-17)22(31)27-15-21(30)29-13-11-20-19(29)10-5-12-28(20)18-8-2-1-3-9-18/h4,6-7,14,18-20H,1-3,5,8-13,15H2,(H,27,31). The van der Waals surface area contributed by atoms with Gasteiger partial charge in [0, 0.05) is 30.2 Å². The van der Waals surface area contributed by atoms with E-state index < -0.39 is 17.6 Å². The van der Waals surface area contributed by atoms with Gasteiger partial charge in [-0.05, 0) is 56.8 Å². The van der Waals surface area contributed by atoms with Crippen LogP contribution < -0.4 is 5.32 Å². The topological polar surface area (TPSA) is 52.7 Å². The lowest BCUT2D eigenvalue weighted by molar-refractivity contribution is -0.137. The molecule has 0 radical (unpaired) electrons. The summed E-state index contributed by atoms with van der Waals surface area (Å²) in [5.74, 6) is -0.819. The summed E-state index contributed by atoms with van der Waals surface area (Å²) in [6, 6.07) is 5.45. The van der Waals surface area contributed by atoms with E-state index >= 15 is 0 Å². The van der Waals surface area contributed by atoms with Gasteiger partial charge in [-0.1, -0.05) is 25.3 Å². The Kier molecular flexibility index (Phi) is 6.55. The number of carbonyl (C=O) groups is 2. The van der Waals surface area contributed by atoms with Gasteiger partial charge in [0.1, 0.15) is 0 Å². The molecule has 31 heavy (non-hydrogen) atoms. The summed E-state index contributed by atoms with van der Waals surface area (Å²) >= 11 is 0. The molecular weight excluding hydrogens is 407 g/mol. The molecule has 5 nitrogen and oxygen atoms in total. The van der Waals surface area contributed by atoms with Crippen LogP contribution in [0.25, 0.3) is 0 Å². The Morgan fingerprint density at radius 1 is 0.968 bits per heavy atom. The van der Waals surface area contributed by atoms with Crippen molar-refractivity contribution in [1.29, 1.82) is 0 Å². The number of benzene rings is 1. The van der Waals surface area contributed by atoms with Crippen LogP contribution in [0.15, 0.2) is 24.3 Å². The highest BCUT2D eigenvalue weighted by molar-refractivity contribution is 5.96. The highest BCUT2D eigenvalue weighted by atomic mass is 19.4. The lowest BCUT2D eigenvalue weighted by atomic mass is 9.88. The smallest absolute Gasteiger partial charge is 0.343 e. The number of rotatable bonds is 4. The molecule has 2 amide bonds. The van der Waals surface area contributed by atoms with Gasteiger partial charge in [-0.3, -0.25) is 14.5 Å². The van der Waals surface area contributed by atoms with Crippen LogP contribution in [0.2, 0.25) is 0 Å². The quantitative estimate of drug-likeness (QED) is 0.779. The molecule has 2 aliphatic heterocycles. The van der Waals surface area contributed by atoms with Gasteiger partial charge in [0.2, 0.25) is 5.91 Å². The van der Waals surface area contributed by atoms with E-state index in [1.165, 1.54) is 44.2 Å². The Balaban J connectivity index is 1.34. The molecule has 4 rings (SSSR count). The maximum absolute atomic E-state index is 12.9. The maximum Gasteiger partial charge on any atom is 0.416 e. The van der Waals surface area contributed by atoms with E-state index in [0.29, 0.717) is 18.6 Å². The number of fused-ring (bicyclic) bond motifs is 1. The van der Waals surface area contributed by atoms with Gasteiger partial charge < -0.3 is 10.2 Å². The second-order valence-corrected chi connectivity index (χ2v) is 8.94. The highest BCUT2D eigenvalue weighted by Gasteiger charge is 2.44. The number of carbonyl (C=O) groups excluding carboxylic acids is 2. The summed E-state index contributed by atoms with van der Waals surface area (Å²) in [6.07, 6.45) is 4.84. The van der Waals surface area contributed by atoms with E-state index in [1.54, 1.807) is 0 Å². The monoisotopic (exact) mass is 437 g/mol. The molecule has 3 aliphatic rings. The van der Waals surface area contributed by atoms with E-state index in [1.807, 2.05) is 4.90 Å². The van der Waals surface area contributed by atoms with Gasteiger partial charge in [-0.25, -0.2) is 0 Å². The molecule has 0 spiro atoms. The molecule has 2 atom stereocenters. The number of hydrogen-bond donors (Lipinski definition) is 1. The third-order valence-corrected chi connectivity index (χ3v) is 7.07. The molecule has 2 unspecified atom stereocenters. The molecule has 1 saturated carbocycles. The molecule has 170 valence electrons. The van der Waals surface area contributed by atoms with Crippen LogP contribution in [0.4, 0.5) is 13.2 Å². The van der Waals surface area contributed by atoms with Crippen molar-refractivity contribution < 1.29 is 22.8 Å². The van der Waals surface area contributed by atoms with Crippen LogP contribution in [0.3, 0.4) is 0 Å². The largest absolute Gasteiger partial charge is 0.416 e. The molecule has 1 aliphatic carbocycles. The Morgan fingerprint density at radius 2 is 1.74 bits per heavy atom. The molecule has 0 aromatic heterocycles. The molecule has 8 heteroatoms. The second-order valence-electron chi connectivity index (χ2n) is 8.94. The minimum Gasteiger partial charge on any atom is -0.343 e. The predicted octanol–water partition coefficient (Wildman–Crippen LogP) is 3.83. The first-order valence-electron chi connectivity index (χ1n) is 11.4. The molecule has 1 aromatic rings. The molecule has 2 heterocycles. The third kappa shape index (κ3) is 4.89. The van der Waals surface area contributed by atoms with Crippen LogP contribution in [0.5, 0.6) is 0 Å². The van der Waals surface area contributed by atoms with Gasteiger partial charge >= 0.3 is 6.18 Å². The average Bonchev–Trinajstić information content (AvgIpc) is 3.22. The Bertz CT molecular complexity index is 808. The first-order valence-corrected chi connectivity index (χ1v) is 11.4. The van der Waals surface area contributed by atoms with Crippen molar-refractivity contribution in [2.75, 3.05) is 19.6 Å². The van der Waals surface area contributed by atoms with E-state index in [9.17, 15) is 22.8 Å². The summed E-state index contributed by atoms with van der Waals surface area (Å²) in [7, 11) is 0. The number of halogens is 3. The van der Waals surface area contributed by atoms with Crippen LogP contribution in [-0.2, 0) is 11.0 Å². The zero-order chi connectivity index (χ0) is 22.0. The SMILES string of the molecule is O=C(NCC(=O)N1CCC2C1CCCN2C1CCCCC1)c1cccc(C(F)(F)F)c1. The van der Waals surface area contributed by atoms with Crippen molar-refractivity contribution >= 4 is 11.8 Å². The fraction of sp³-hybridized carbons (Fsp3) is 0.652. The van der Waals surface area contributed by atoms with Crippen LogP contribution >= 0.6 is 0 Å². The Hall–Kier alpha value is -2.09. The van der Waals surface area contributed by atoms with Gasteiger partial charge in [0.25, 0.3) is 5.91 Å². The third-order valence-electron chi connectivity index (χ3n) is 7.07. The molecule has 1 aromatic carbocycles. The summed E-state index contributed by atoms with van der Waals surface area (Å²) < 4.78 is 38.6. The minimum atomic E-state index is -4.51. The summed E-state index contributed by atoms with van der Waals surface area (Å²) in [6.45, 7) is 1.58. The Morgan fingerprint density at radius 3 is 2.48 bits per heavy atom. The number of hydrogen-bond acceptors (Lipinski definition) is 3. The van der Waals surface area contributed by atoms with E-state index in [-0.39, 0.29) is 24.1 Å². The van der Waals surface area contributed by atoms with Crippen molar-refractivity contribution in [3.05, 3.63) is 35.4 Å². The zero-order valence-corrected chi connectivity index (χ0v) is 17.7. The lowest BCUT2D eigenvalue weighted by Gasteiger charge is -2.45. The van der Waals surface area contributed by atoms with Gasteiger partial charge in [-0.2, -0.15) is 13.2 Å². The Labute approximate surface area is 181 Å². The van der Waals surface area contributed by atoms with Gasteiger partial charge in [-0.15, -0.1) is 0 Å². The number of nitrogens with zero attached hydrogens (tertiary/aromatic N) is 2. The van der Waals surface area contributed by atoms with Gasteiger partial charge in [0.15, 0.2) is 0 Å². The highest BCUT2D eigenvalue weighted by Crippen LogP contribution is 2.35. The van der Waals surface area contributed by atoms with Crippen LogP contribution in [0, 0.1) is 0 Å². The van der Waals surface area contributed by atoms with Crippen LogP contribution in [0.1, 0.15) is 67.3 Å². The average molecular weight is 438 g/mol. The maximum atomic E-state index is 12.9. The number of alkyl halides is 3. The minimum absolute atomic E-state index is 0.0944. The number of likely N-dealkylation sites (tertiary alicyclic amines) is 2. The molecule has 1 N–H and O–H groups in total. The van der Waals surface area contributed by atoms with Gasteiger partial charge in [0.05, 0.1) is 12.1 Å². The van der Waals surface area contributed by atoms with Crippen LogP contribution in [-0.4, -0.2) is 59.4 Å². The van der Waals surface area contributed by atoms with E-state index in [0.717, 1.165) is 37.9 Å². The van der Waals surface area contributed by atoms with Crippen molar-refractivity contribution in [3.63, 3.8) is 0 Å². The van der Waals surface area contributed by atoms with Crippen molar-refractivity contribution in [1.82, 2.24) is 15.1 Å². The molecule has 2 saturated heterocycles. The fourth-order valence-electron chi connectivity index (χ4n) is 5.59. The summed E-state index contributed by atoms with van der Waals surface area (Å²) in [5, 5.41) is 2.51. The lowest BCUT2D eigenvalue weighted by Crippen LogP contribution is -2.55. The van der Waals surface area contributed by atoms with Crippen molar-refractivity contribution in [2.24, 2.45) is 0 Å². The molecule has 3 fully saturated rings. The number of piperidine rings is 1. The summed E-state index contributed by atoms with van der Waals surface area (Å²) in [4.78, 5) is 29.7. The van der Waals surface area contributed by atoms with E-state index in [2.05, 4.69) is 10.2 Å². The fourth-order valence-corrected chi connectivity index (χ4v) is 5.59. The first-order chi connectivity index (χ1) is 14.8.